The first-order chi connectivity index (χ1) is 13.4. The Morgan fingerprint density at radius 2 is 1.75 bits per heavy atom. The average Bonchev–Trinajstić information content (AvgIpc) is 2.68. The van der Waals surface area contributed by atoms with E-state index in [0.717, 1.165) is 12.1 Å². The zero-order chi connectivity index (χ0) is 20.1. The van der Waals surface area contributed by atoms with E-state index in [1.807, 2.05) is 6.92 Å². The van der Waals surface area contributed by atoms with Crippen LogP contribution < -0.4 is 10.0 Å². The summed E-state index contributed by atoms with van der Waals surface area (Å²) in [6, 6.07) is 11.6. The lowest BCUT2D eigenvalue weighted by molar-refractivity contribution is -0.383. The maximum atomic E-state index is 12.0. The molecule has 8 nitrogen and oxygen atoms in total. The fourth-order valence-electron chi connectivity index (χ4n) is 2.79. The monoisotopic (exact) mass is 400 g/mol. The second kappa shape index (κ2) is 8.22. The number of nitrogens with one attached hydrogen (secondary N) is 2. The molecular weight excluding hydrogens is 380 g/mol. The molecule has 0 saturated heterocycles. The van der Waals surface area contributed by atoms with Crippen LogP contribution in [0.25, 0.3) is 10.8 Å². The number of fused-ring (bicyclic) bond motifs is 1. The zero-order valence-electron chi connectivity index (χ0n) is 15.3. The van der Waals surface area contributed by atoms with Crippen molar-refractivity contribution >= 4 is 43.5 Å². The van der Waals surface area contributed by atoms with Gasteiger partial charge in [0.1, 0.15) is 0 Å². The molecule has 0 amide bonds. The number of nitro groups is 1. The molecule has 1 aromatic heterocycles. The van der Waals surface area contributed by atoms with E-state index in [1.165, 1.54) is 12.3 Å². The van der Waals surface area contributed by atoms with Gasteiger partial charge in [-0.15, -0.1) is 0 Å². The van der Waals surface area contributed by atoms with Gasteiger partial charge in [0, 0.05) is 40.9 Å². The van der Waals surface area contributed by atoms with Gasteiger partial charge >= 0.3 is 0 Å². The Balaban J connectivity index is 1.82. The van der Waals surface area contributed by atoms with Crippen LogP contribution in [0.2, 0.25) is 0 Å². The lowest BCUT2D eigenvalue weighted by Crippen LogP contribution is -2.16. The molecule has 1 heterocycles. The number of nitrogens with zero attached hydrogens (tertiary/aromatic N) is 2. The quantitative estimate of drug-likeness (QED) is 0.427. The van der Waals surface area contributed by atoms with E-state index in [-0.39, 0.29) is 11.4 Å². The van der Waals surface area contributed by atoms with Crippen molar-refractivity contribution in [2.45, 2.75) is 19.8 Å². The van der Waals surface area contributed by atoms with Crippen LogP contribution in [0.4, 0.5) is 22.7 Å². The first-order valence-corrected chi connectivity index (χ1v) is 10.4. The number of hydrogen-bond donors (Lipinski definition) is 2. The number of aromatic nitrogens is 1. The highest BCUT2D eigenvalue weighted by Crippen LogP contribution is 2.32. The largest absolute Gasteiger partial charge is 0.355 e. The second-order valence-corrected chi connectivity index (χ2v) is 8.13. The molecule has 3 aromatic rings. The average molecular weight is 400 g/mol. The SMILES string of the molecule is CCCCS(=O)(=O)Nc1ccc(Nc2ccc([N+](=O)[O-])c3cnccc23)cc1. The molecule has 0 aliphatic heterocycles. The number of rotatable bonds is 8. The fourth-order valence-corrected chi connectivity index (χ4v) is 4.05. The van der Waals surface area contributed by atoms with E-state index >= 15 is 0 Å². The minimum Gasteiger partial charge on any atom is -0.355 e. The molecule has 9 heteroatoms. The lowest BCUT2D eigenvalue weighted by atomic mass is 10.1. The molecule has 0 atom stereocenters. The van der Waals surface area contributed by atoms with Gasteiger partial charge in [0.05, 0.1) is 16.1 Å². The lowest BCUT2D eigenvalue weighted by Gasteiger charge is -2.12. The van der Waals surface area contributed by atoms with Crippen LogP contribution in [0.5, 0.6) is 0 Å². The van der Waals surface area contributed by atoms with Crippen molar-refractivity contribution in [3.05, 3.63) is 65.0 Å². The van der Waals surface area contributed by atoms with Crippen molar-refractivity contribution in [3.63, 3.8) is 0 Å². The van der Waals surface area contributed by atoms with Gasteiger partial charge in [0.25, 0.3) is 5.69 Å². The van der Waals surface area contributed by atoms with Crippen molar-refractivity contribution in [2.24, 2.45) is 0 Å². The minimum absolute atomic E-state index is 0.00881. The molecular formula is C19H20N4O4S. The Bertz CT molecular complexity index is 1100. The molecule has 146 valence electrons. The normalized spacial score (nSPS) is 11.3. The fraction of sp³-hybridized carbons (Fsp3) is 0.211. The summed E-state index contributed by atoms with van der Waals surface area (Å²) in [5, 5.41) is 15.5. The van der Waals surface area contributed by atoms with Gasteiger partial charge in [-0.1, -0.05) is 13.3 Å². The van der Waals surface area contributed by atoms with E-state index in [4.69, 9.17) is 0 Å². The first-order valence-electron chi connectivity index (χ1n) is 8.78. The molecule has 0 aliphatic carbocycles. The van der Waals surface area contributed by atoms with Crippen LogP contribution in [0.15, 0.2) is 54.9 Å². The zero-order valence-corrected chi connectivity index (χ0v) is 16.1. The van der Waals surface area contributed by atoms with Gasteiger partial charge < -0.3 is 5.32 Å². The third kappa shape index (κ3) is 4.55. The summed E-state index contributed by atoms with van der Waals surface area (Å²) in [5.41, 5.74) is 1.90. The van der Waals surface area contributed by atoms with Gasteiger partial charge in [-0.05, 0) is 42.8 Å². The Labute approximate surface area is 162 Å². The maximum absolute atomic E-state index is 12.0. The summed E-state index contributed by atoms with van der Waals surface area (Å²) in [7, 11) is -3.35. The Morgan fingerprint density at radius 1 is 1.04 bits per heavy atom. The number of nitro benzene ring substituents is 1. The van der Waals surface area contributed by atoms with Gasteiger partial charge in [-0.3, -0.25) is 19.8 Å². The molecule has 2 aromatic carbocycles. The Kier molecular flexibility index (Phi) is 5.74. The summed E-state index contributed by atoms with van der Waals surface area (Å²) >= 11 is 0. The van der Waals surface area contributed by atoms with Crippen LogP contribution >= 0.6 is 0 Å². The summed E-state index contributed by atoms with van der Waals surface area (Å²) in [6.07, 6.45) is 4.46. The topological polar surface area (TPSA) is 114 Å². The number of non-ortho nitro benzene ring substituents is 1. The number of unbranched alkanes of at least 4 members (excludes halogenated alkanes) is 1. The number of pyridine rings is 1. The first kappa shape index (κ1) is 19.6. The third-order valence-corrected chi connectivity index (χ3v) is 5.57. The Morgan fingerprint density at radius 3 is 2.43 bits per heavy atom. The van der Waals surface area contributed by atoms with Crippen LogP contribution in [-0.2, 0) is 10.0 Å². The second-order valence-electron chi connectivity index (χ2n) is 6.29. The molecule has 0 bridgehead atoms. The number of hydrogen-bond acceptors (Lipinski definition) is 6. The van der Waals surface area contributed by atoms with Gasteiger partial charge in [-0.25, -0.2) is 8.42 Å². The minimum atomic E-state index is -3.35. The maximum Gasteiger partial charge on any atom is 0.278 e. The summed E-state index contributed by atoms with van der Waals surface area (Å²) in [6.45, 7) is 1.94. The molecule has 0 saturated carbocycles. The highest BCUT2D eigenvalue weighted by Gasteiger charge is 2.14. The van der Waals surface area contributed by atoms with Crippen molar-refractivity contribution in [2.75, 3.05) is 15.8 Å². The predicted molar refractivity (Wildman–Crippen MR) is 110 cm³/mol. The molecule has 0 aliphatic rings. The molecule has 28 heavy (non-hydrogen) atoms. The molecule has 0 unspecified atom stereocenters. The van der Waals surface area contributed by atoms with E-state index in [0.29, 0.717) is 28.6 Å². The van der Waals surface area contributed by atoms with Crippen LogP contribution in [0.1, 0.15) is 19.8 Å². The van der Waals surface area contributed by atoms with Gasteiger partial charge in [-0.2, -0.15) is 0 Å². The van der Waals surface area contributed by atoms with E-state index < -0.39 is 14.9 Å². The molecule has 0 radical (unpaired) electrons. The molecule has 0 spiro atoms. The Hall–Kier alpha value is -3.20. The van der Waals surface area contributed by atoms with E-state index in [2.05, 4.69) is 15.0 Å². The summed E-state index contributed by atoms with van der Waals surface area (Å²) in [5.74, 6) is 0.0896. The van der Waals surface area contributed by atoms with Crippen molar-refractivity contribution in [1.82, 2.24) is 4.98 Å². The predicted octanol–water partition coefficient (Wildman–Crippen LogP) is 4.43. The highest BCUT2D eigenvalue weighted by atomic mass is 32.2. The number of benzene rings is 2. The summed E-state index contributed by atoms with van der Waals surface area (Å²) in [4.78, 5) is 14.7. The molecule has 3 rings (SSSR count). The number of anilines is 3. The van der Waals surface area contributed by atoms with Gasteiger partial charge in [0.2, 0.25) is 10.0 Å². The third-order valence-electron chi connectivity index (χ3n) is 4.20. The van der Waals surface area contributed by atoms with Crippen molar-refractivity contribution in [3.8, 4) is 0 Å². The van der Waals surface area contributed by atoms with E-state index in [1.54, 1.807) is 42.6 Å². The van der Waals surface area contributed by atoms with Crippen LogP contribution in [0, 0.1) is 10.1 Å². The van der Waals surface area contributed by atoms with Crippen LogP contribution in [0.3, 0.4) is 0 Å². The summed E-state index contributed by atoms with van der Waals surface area (Å²) < 4.78 is 26.5. The van der Waals surface area contributed by atoms with Gasteiger partial charge in [0.15, 0.2) is 0 Å². The molecule has 2 N–H and O–H groups in total. The smallest absolute Gasteiger partial charge is 0.278 e. The van der Waals surface area contributed by atoms with Crippen molar-refractivity contribution < 1.29 is 13.3 Å². The highest BCUT2D eigenvalue weighted by molar-refractivity contribution is 7.92. The number of sulfonamides is 1. The van der Waals surface area contributed by atoms with Crippen LogP contribution in [-0.4, -0.2) is 24.1 Å². The van der Waals surface area contributed by atoms with Crippen molar-refractivity contribution in [1.29, 1.82) is 0 Å². The van der Waals surface area contributed by atoms with E-state index in [9.17, 15) is 18.5 Å². The molecule has 0 fully saturated rings. The standard InChI is InChI=1S/C19H20N4O4S/c1-2-3-12-28(26,27)22-15-6-4-14(5-7-15)21-18-8-9-19(23(24)25)17-13-20-11-10-16(17)18/h4-11,13,21-22H,2-3,12H2,1H3.